The summed E-state index contributed by atoms with van der Waals surface area (Å²) < 4.78 is 5.42. The van der Waals surface area contributed by atoms with Crippen LogP contribution in [-0.4, -0.2) is 28.3 Å². The first-order valence-corrected chi connectivity index (χ1v) is 4.97. The molecular weight excluding hydrogens is 204 g/mol. The van der Waals surface area contributed by atoms with E-state index in [1.54, 1.807) is 6.20 Å². The van der Waals surface area contributed by atoms with E-state index in [1.165, 1.54) is 6.20 Å². The van der Waals surface area contributed by atoms with Gasteiger partial charge in [-0.2, -0.15) is 5.10 Å². The first-order valence-electron chi connectivity index (χ1n) is 4.97. The maximum atomic E-state index is 5.42. The first kappa shape index (κ1) is 10.5. The van der Waals surface area contributed by atoms with Crippen LogP contribution >= 0.6 is 0 Å². The van der Waals surface area contributed by atoms with Gasteiger partial charge in [0, 0.05) is 18.3 Å². The van der Waals surface area contributed by atoms with Gasteiger partial charge >= 0.3 is 0 Å². The quantitative estimate of drug-likeness (QED) is 0.821. The molecule has 16 heavy (non-hydrogen) atoms. The van der Waals surface area contributed by atoms with Crippen molar-refractivity contribution >= 4 is 0 Å². The molecular formula is C11H12N4O. The van der Waals surface area contributed by atoms with Crippen LogP contribution in [0.5, 0.6) is 5.75 Å². The number of rotatable bonds is 4. The van der Waals surface area contributed by atoms with E-state index in [1.807, 2.05) is 24.3 Å². The van der Waals surface area contributed by atoms with Crippen molar-refractivity contribution in [3.63, 3.8) is 0 Å². The van der Waals surface area contributed by atoms with Gasteiger partial charge in [-0.25, -0.2) is 4.98 Å². The van der Waals surface area contributed by atoms with Gasteiger partial charge in [0.25, 0.3) is 0 Å². The summed E-state index contributed by atoms with van der Waals surface area (Å²) in [6.07, 6.45) is 3.15. The molecule has 0 fully saturated rings. The summed E-state index contributed by atoms with van der Waals surface area (Å²) in [7, 11) is 0. The topological polar surface area (TPSA) is 73.9 Å². The van der Waals surface area contributed by atoms with E-state index in [2.05, 4.69) is 15.2 Å². The van der Waals surface area contributed by atoms with E-state index >= 15 is 0 Å². The molecule has 5 heteroatoms. The number of benzene rings is 1. The zero-order chi connectivity index (χ0) is 11.2. The summed E-state index contributed by atoms with van der Waals surface area (Å²) in [5, 5.41) is 7.71. The highest BCUT2D eigenvalue weighted by Gasteiger charge is 2.02. The molecule has 0 bridgehead atoms. The lowest BCUT2D eigenvalue weighted by molar-refractivity contribution is 0.328. The second-order valence-corrected chi connectivity index (χ2v) is 3.13. The summed E-state index contributed by atoms with van der Waals surface area (Å²) in [5.74, 6) is 1.34. The predicted octanol–water partition coefficient (Wildman–Crippen LogP) is 0.876. The Labute approximate surface area is 93.3 Å². The van der Waals surface area contributed by atoms with Crippen molar-refractivity contribution in [3.8, 4) is 17.1 Å². The van der Waals surface area contributed by atoms with Crippen molar-refractivity contribution < 1.29 is 4.74 Å². The third-order valence-corrected chi connectivity index (χ3v) is 1.96. The van der Waals surface area contributed by atoms with Crippen molar-refractivity contribution in [2.24, 2.45) is 5.73 Å². The van der Waals surface area contributed by atoms with Gasteiger partial charge in [0.15, 0.2) is 5.82 Å². The Morgan fingerprint density at radius 2 is 2.19 bits per heavy atom. The van der Waals surface area contributed by atoms with Crippen LogP contribution in [0.2, 0.25) is 0 Å². The minimum Gasteiger partial charge on any atom is -0.492 e. The summed E-state index contributed by atoms with van der Waals surface area (Å²) in [6, 6.07) is 7.53. The van der Waals surface area contributed by atoms with Crippen molar-refractivity contribution in [1.82, 2.24) is 15.2 Å². The number of aromatic nitrogens is 3. The largest absolute Gasteiger partial charge is 0.492 e. The second-order valence-electron chi connectivity index (χ2n) is 3.13. The average Bonchev–Trinajstić information content (AvgIpc) is 2.38. The molecule has 0 saturated carbocycles. The fourth-order valence-electron chi connectivity index (χ4n) is 1.28. The van der Waals surface area contributed by atoms with Gasteiger partial charge in [-0.1, -0.05) is 12.1 Å². The van der Waals surface area contributed by atoms with Crippen LogP contribution in [0.25, 0.3) is 11.4 Å². The smallest absolute Gasteiger partial charge is 0.181 e. The van der Waals surface area contributed by atoms with E-state index < -0.39 is 0 Å². The molecule has 0 aliphatic carbocycles. The molecule has 0 radical (unpaired) electrons. The Bertz CT molecular complexity index is 447. The molecule has 82 valence electrons. The Hall–Kier alpha value is -2.01. The lowest BCUT2D eigenvalue weighted by Crippen LogP contribution is -2.10. The standard InChI is InChI=1S/C11H12N4O/c12-4-7-16-10-3-1-2-9(8-10)11-13-5-6-14-15-11/h1-3,5-6,8H,4,7,12H2. The monoisotopic (exact) mass is 216 g/mol. The van der Waals surface area contributed by atoms with Crippen LogP contribution < -0.4 is 10.5 Å². The SMILES string of the molecule is NCCOc1cccc(-c2nccnn2)c1. The van der Waals surface area contributed by atoms with Crippen molar-refractivity contribution in [1.29, 1.82) is 0 Å². The Morgan fingerprint density at radius 3 is 2.94 bits per heavy atom. The van der Waals surface area contributed by atoms with Crippen molar-refractivity contribution in [2.75, 3.05) is 13.2 Å². The summed E-state index contributed by atoms with van der Waals surface area (Å²) >= 11 is 0. The predicted molar refractivity (Wildman–Crippen MR) is 59.8 cm³/mol. The van der Waals surface area contributed by atoms with Gasteiger partial charge in [0.1, 0.15) is 12.4 Å². The summed E-state index contributed by atoms with van der Waals surface area (Å²) in [5.41, 5.74) is 6.24. The van der Waals surface area contributed by atoms with Crippen LogP contribution in [0.15, 0.2) is 36.7 Å². The number of hydrogen-bond acceptors (Lipinski definition) is 5. The molecule has 0 aliphatic rings. The number of nitrogens with two attached hydrogens (primary N) is 1. The molecule has 0 atom stereocenters. The van der Waals surface area contributed by atoms with Gasteiger partial charge < -0.3 is 10.5 Å². The highest BCUT2D eigenvalue weighted by atomic mass is 16.5. The average molecular weight is 216 g/mol. The molecule has 0 spiro atoms. The van der Waals surface area contributed by atoms with E-state index in [0.29, 0.717) is 19.0 Å². The van der Waals surface area contributed by atoms with Gasteiger partial charge in [0.05, 0.1) is 6.20 Å². The molecule has 0 aliphatic heterocycles. The molecule has 0 unspecified atom stereocenters. The second kappa shape index (κ2) is 5.18. The van der Waals surface area contributed by atoms with E-state index in [0.717, 1.165) is 11.3 Å². The van der Waals surface area contributed by atoms with E-state index in [4.69, 9.17) is 10.5 Å². The third kappa shape index (κ3) is 2.52. The highest BCUT2D eigenvalue weighted by molar-refractivity contribution is 5.56. The molecule has 2 N–H and O–H groups in total. The minimum atomic E-state index is 0.494. The molecule has 2 rings (SSSR count). The molecule has 0 saturated heterocycles. The lowest BCUT2D eigenvalue weighted by Gasteiger charge is -2.05. The summed E-state index contributed by atoms with van der Waals surface area (Å²) in [6.45, 7) is 0.991. The van der Waals surface area contributed by atoms with E-state index in [9.17, 15) is 0 Å². The number of ether oxygens (including phenoxy) is 1. The maximum absolute atomic E-state index is 5.42. The molecule has 1 aromatic carbocycles. The third-order valence-electron chi connectivity index (χ3n) is 1.96. The van der Waals surface area contributed by atoms with Crippen LogP contribution in [0.4, 0.5) is 0 Å². The Balaban J connectivity index is 2.22. The number of nitrogens with zero attached hydrogens (tertiary/aromatic N) is 3. The molecule has 2 aromatic rings. The molecule has 0 amide bonds. The zero-order valence-electron chi connectivity index (χ0n) is 8.71. The van der Waals surface area contributed by atoms with Gasteiger partial charge in [-0.3, -0.25) is 0 Å². The van der Waals surface area contributed by atoms with Gasteiger partial charge in [0.2, 0.25) is 0 Å². The fraction of sp³-hybridized carbons (Fsp3) is 0.182. The van der Waals surface area contributed by atoms with Crippen molar-refractivity contribution in [3.05, 3.63) is 36.7 Å². The van der Waals surface area contributed by atoms with Crippen LogP contribution in [-0.2, 0) is 0 Å². The summed E-state index contributed by atoms with van der Waals surface area (Å²) in [4.78, 5) is 4.12. The molecule has 5 nitrogen and oxygen atoms in total. The maximum Gasteiger partial charge on any atom is 0.181 e. The highest BCUT2D eigenvalue weighted by Crippen LogP contribution is 2.19. The normalized spacial score (nSPS) is 10.1. The van der Waals surface area contributed by atoms with E-state index in [-0.39, 0.29) is 0 Å². The number of hydrogen-bond donors (Lipinski definition) is 1. The molecule has 1 aromatic heterocycles. The molecule has 1 heterocycles. The lowest BCUT2D eigenvalue weighted by atomic mass is 10.2. The van der Waals surface area contributed by atoms with Gasteiger partial charge in [-0.05, 0) is 12.1 Å². The Kier molecular flexibility index (Phi) is 3.40. The Morgan fingerprint density at radius 1 is 1.25 bits per heavy atom. The van der Waals surface area contributed by atoms with Crippen LogP contribution in [0.3, 0.4) is 0 Å². The zero-order valence-corrected chi connectivity index (χ0v) is 8.71. The fourth-order valence-corrected chi connectivity index (χ4v) is 1.28. The minimum absolute atomic E-state index is 0.494. The van der Waals surface area contributed by atoms with Crippen molar-refractivity contribution in [2.45, 2.75) is 0 Å². The van der Waals surface area contributed by atoms with Gasteiger partial charge in [-0.15, -0.1) is 5.10 Å². The first-order chi connectivity index (χ1) is 7.90. The van der Waals surface area contributed by atoms with Crippen LogP contribution in [0, 0.1) is 0 Å². The van der Waals surface area contributed by atoms with Crippen LogP contribution in [0.1, 0.15) is 0 Å².